The first-order valence-electron chi connectivity index (χ1n) is 12.4. The lowest BCUT2D eigenvalue weighted by molar-refractivity contribution is -0.116. The third kappa shape index (κ3) is 6.12. The van der Waals surface area contributed by atoms with Gasteiger partial charge in [-0.15, -0.1) is 0 Å². The summed E-state index contributed by atoms with van der Waals surface area (Å²) in [6.45, 7) is 2.14. The molecule has 2 fully saturated rings. The van der Waals surface area contributed by atoms with Gasteiger partial charge in [-0.3, -0.25) is 4.79 Å². The van der Waals surface area contributed by atoms with Gasteiger partial charge in [0.15, 0.2) is 0 Å². The van der Waals surface area contributed by atoms with Gasteiger partial charge in [-0.1, -0.05) is 0 Å². The van der Waals surface area contributed by atoms with Crippen molar-refractivity contribution in [3.05, 3.63) is 42.0 Å². The van der Waals surface area contributed by atoms with E-state index in [1.165, 1.54) is 47.1 Å². The maximum absolute atomic E-state index is 13.1. The molecule has 1 N–H and O–H groups in total. The summed E-state index contributed by atoms with van der Waals surface area (Å²) in [7, 11) is -4.47. The van der Waals surface area contributed by atoms with Crippen molar-refractivity contribution >= 4 is 31.6 Å². The Kier molecular flexibility index (Phi) is 8.93. The van der Waals surface area contributed by atoms with Crippen LogP contribution in [0.1, 0.15) is 24.8 Å². The number of morpholine rings is 1. The number of rotatable bonds is 10. The van der Waals surface area contributed by atoms with Gasteiger partial charge >= 0.3 is 0 Å². The number of nitrogens with one attached hydrogen (secondary N) is 1. The van der Waals surface area contributed by atoms with Crippen LogP contribution >= 0.6 is 0 Å². The van der Waals surface area contributed by atoms with Crippen LogP contribution in [0.3, 0.4) is 0 Å². The number of anilines is 1. The van der Waals surface area contributed by atoms with E-state index >= 15 is 0 Å². The fourth-order valence-electron chi connectivity index (χ4n) is 4.53. The van der Waals surface area contributed by atoms with E-state index in [1.807, 2.05) is 0 Å². The van der Waals surface area contributed by atoms with E-state index in [9.17, 15) is 21.6 Å². The molecule has 2 heterocycles. The Hall–Kier alpha value is -2.71. The molecule has 13 heteroatoms. The molecule has 0 bridgehead atoms. The number of hydrogen-bond donors (Lipinski definition) is 1. The first kappa shape index (κ1) is 28.3. The second-order valence-electron chi connectivity index (χ2n) is 9.01. The minimum Gasteiger partial charge on any atom is -0.496 e. The summed E-state index contributed by atoms with van der Waals surface area (Å²) in [5.41, 5.74) is 0.808. The van der Waals surface area contributed by atoms with Crippen molar-refractivity contribution < 1.29 is 35.8 Å². The number of nitrogens with zero attached hydrogens (tertiary/aromatic N) is 2. The fraction of sp³-hybridized carbons (Fsp3) is 0.480. The van der Waals surface area contributed by atoms with Gasteiger partial charge in [0.2, 0.25) is 26.0 Å². The zero-order valence-corrected chi connectivity index (χ0v) is 23.1. The van der Waals surface area contributed by atoms with Gasteiger partial charge in [0.05, 0.1) is 42.9 Å². The molecular weight excluding hydrogens is 534 g/mol. The predicted molar refractivity (Wildman–Crippen MR) is 141 cm³/mol. The van der Waals surface area contributed by atoms with E-state index in [-0.39, 0.29) is 47.3 Å². The zero-order chi connectivity index (χ0) is 27.3. The van der Waals surface area contributed by atoms with Crippen molar-refractivity contribution in [3.63, 3.8) is 0 Å². The van der Waals surface area contributed by atoms with Crippen molar-refractivity contribution in [1.29, 1.82) is 0 Å². The molecule has 1 amide bonds. The Balaban J connectivity index is 1.49. The summed E-state index contributed by atoms with van der Waals surface area (Å²) < 4.78 is 70.9. The van der Waals surface area contributed by atoms with Gasteiger partial charge in [0, 0.05) is 32.6 Å². The molecular formula is C25H33N3O8S2. The number of sulfonamides is 2. The summed E-state index contributed by atoms with van der Waals surface area (Å²) in [5, 5.41) is 2.74. The maximum Gasteiger partial charge on any atom is 0.243 e. The van der Waals surface area contributed by atoms with E-state index in [4.69, 9.17) is 14.2 Å². The molecule has 0 unspecified atom stereocenters. The normalized spacial score (nSPS) is 17.3. The standard InChI is InChI=1S/C25H33N3O8S2/c1-34-23-8-6-20(37(30,31)27-11-3-4-12-27)17-19(23)5-10-25(29)26-22-18-21(7-9-24(22)35-2)38(32,33)28-13-15-36-16-14-28/h6-9,17-18H,3-5,10-16H2,1-2H3,(H,26,29). The average molecular weight is 568 g/mol. The molecule has 208 valence electrons. The Morgan fingerprint density at radius 2 is 1.39 bits per heavy atom. The number of ether oxygens (including phenoxy) is 3. The van der Waals surface area contributed by atoms with E-state index < -0.39 is 20.0 Å². The van der Waals surface area contributed by atoms with Crippen LogP contribution < -0.4 is 14.8 Å². The molecule has 2 aliphatic rings. The number of carbonyl (C=O) groups is 1. The molecule has 11 nitrogen and oxygen atoms in total. The van der Waals surface area contributed by atoms with E-state index in [0.29, 0.717) is 43.4 Å². The molecule has 0 aromatic heterocycles. The minimum atomic E-state index is -3.77. The van der Waals surface area contributed by atoms with Crippen LogP contribution in [0.15, 0.2) is 46.2 Å². The zero-order valence-electron chi connectivity index (χ0n) is 21.5. The Labute approximate surface area is 223 Å². The van der Waals surface area contributed by atoms with Crippen molar-refractivity contribution in [3.8, 4) is 11.5 Å². The van der Waals surface area contributed by atoms with Gasteiger partial charge in [-0.2, -0.15) is 8.61 Å². The van der Waals surface area contributed by atoms with Crippen LogP contribution in [-0.2, 0) is 36.0 Å². The number of amides is 1. The summed E-state index contributed by atoms with van der Waals surface area (Å²) in [6, 6.07) is 8.98. The van der Waals surface area contributed by atoms with Crippen molar-refractivity contribution in [2.45, 2.75) is 35.5 Å². The quantitative estimate of drug-likeness (QED) is 0.462. The third-order valence-corrected chi connectivity index (χ3v) is 10.4. The first-order valence-corrected chi connectivity index (χ1v) is 15.3. The summed E-state index contributed by atoms with van der Waals surface area (Å²) in [6.07, 6.45) is 1.89. The van der Waals surface area contributed by atoms with Gasteiger partial charge in [0.1, 0.15) is 11.5 Å². The summed E-state index contributed by atoms with van der Waals surface area (Å²) >= 11 is 0. The first-order chi connectivity index (χ1) is 18.2. The Morgan fingerprint density at radius 3 is 2.00 bits per heavy atom. The molecule has 0 saturated carbocycles. The number of aryl methyl sites for hydroxylation is 1. The van der Waals surface area contributed by atoms with Crippen molar-refractivity contribution in [1.82, 2.24) is 8.61 Å². The van der Waals surface area contributed by atoms with Crippen LogP contribution in [0.5, 0.6) is 11.5 Å². The van der Waals surface area contributed by atoms with Crippen molar-refractivity contribution in [2.24, 2.45) is 0 Å². The minimum absolute atomic E-state index is 0.00711. The van der Waals surface area contributed by atoms with Crippen LogP contribution in [-0.4, -0.2) is 85.0 Å². The molecule has 0 aliphatic carbocycles. The topological polar surface area (TPSA) is 132 Å². The molecule has 0 spiro atoms. The lowest BCUT2D eigenvalue weighted by atomic mass is 10.1. The fourth-order valence-corrected chi connectivity index (χ4v) is 7.53. The highest BCUT2D eigenvalue weighted by atomic mass is 32.2. The second kappa shape index (κ2) is 12.0. The average Bonchev–Trinajstić information content (AvgIpc) is 3.48. The molecule has 38 heavy (non-hydrogen) atoms. The second-order valence-corrected chi connectivity index (χ2v) is 12.9. The third-order valence-electron chi connectivity index (χ3n) is 6.63. The van der Waals surface area contributed by atoms with Gasteiger partial charge in [-0.25, -0.2) is 16.8 Å². The van der Waals surface area contributed by atoms with Crippen LogP contribution in [0.2, 0.25) is 0 Å². The van der Waals surface area contributed by atoms with Crippen LogP contribution in [0, 0.1) is 0 Å². The SMILES string of the molecule is COc1ccc(S(=O)(=O)N2CCCC2)cc1CCC(=O)Nc1cc(S(=O)(=O)N2CCOCC2)ccc1OC. The van der Waals surface area contributed by atoms with Crippen molar-refractivity contribution in [2.75, 3.05) is 58.9 Å². The van der Waals surface area contributed by atoms with Crippen LogP contribution in [0.4, 0.5) is 5.69 Å². The molecule has 0 radical (unpaired) electrons. The Bertz CT molecular complexity index is 1370. The number of benzene rings is 2. The largest absolute Gasteiger partial charge is 0.496 e. The Morgan fingerprint density at radius 1 is 0.842 bits per heavy atom. The lowest BCUT2D eigenvalue weighted by Gasteiger charge is -2.26. The monoisotopic (exact) mass is 567 g/mol. The molecule has 2 aromatic rings. The molecule has 2 aromatic carbocycles. The number of hydrogen-bond acceptors (Lipinski definition) is 8. The molecule has 2 saturated heterocycles. The van der Waals surface area contributed by atoms with E-state index in [0.717, 1.165) is 12.8 Å². The summed E-state index contributed by atoms with van der Waals surface area (Å²) in [4.78, 5) is 13.1. The van der Waals surface area contributed by atoms with Gasteiger partial charge in [0.25, 0.3) is 0 Å². The highest BCUT2D eigenvalue weighted by Crippen LogP contribution is 2.31. The maximum atomic E-state index is 13.1. The molecule has 4 rings (SSSR count). The number of carbonyl (C=O) groups excluding carboxylic acids is 1. The lowest BCUT2D eigenvalue weighted by Crippen LogP contribution is -2.40. The molecule has 2 aliphatic heterocycles. The van der Waals surface area contributed by atoms with E-state index in [2.05, 4.69) is 5.32 Å². The summed E-state index contributed by atoms with van der Waals surface area (Å²) in [5.74, 6) is 0.406. The number of methoxy groups -OCH3 is 2. The highest BCUT2D eigenvalue weighted by Gasteiger charge is 2.29. The molecule has 0 atom stereocenters. The predicted octanol–water partition coefficient (Wildman–Crippen LogP) is 2.08. The van der Waals surface area contributed by atoms with Gasteiger partial charge in [-0.05, 0) is 61.2 Å². The van der Waals surface area contributed by atoms with Gasteiger partial charge < -0.3 is 19.5 Å². The van der Waals surface area contributed by atoms with Crippen LogP contribution in [0.25, 0.3) is 0 Å². The highest BCUT2D eigenvalue weighted by molar-refractivity contribution is 7.89. The van der Waals surface area contributed by atoms with E-state index in [1.54, 1.807) is 12.1 Å². The smallest absolute Gasteiger partial charge is 0.243 e.